The molecule has 2 aromatic carbocycles. The summed E-state index contributed by atoms with van der Waals surface area (Å²) in [6, 6.07) is 10.1. The van der Waals surface area contributed by atoms with E-state index in [1.165, 1.54) is 6.07 Å². The van der Waals surface area contributed by atoms with Crippen LogP contribution in [0.5, 0.6) is 0 Å². The van der Waals surface area contributed by atoms with E-state index in [1.807, 2.05) is 25.1 Å². The lowest BCUT2D eigenvalue weighted by atomic mass is 10.0. The molecule has 0 aliphatic rings. The molecule has 0 heterocycles. The van der Waals surface area contributed by atoms with Crippen LogP contribution in [0.3, 0.4) is 0 Å². The van der Waals surface area contributed by atoms with Gasteiger partial charge in [-0.15, -0.1) is 0 Å². The predicted octanol–water partition coefficient (Wildman–Crippen LogP) is 5.71. The minimum atomic E-state index is -0.812. The zero-order chi connectivity index (χ0) is 14.0. The van der Waals surface area contributed by atoms with Crippen molar-refractivity contribution in [3.05, 3.63) is 69.2 Å². The molecule has 0 saturated carbocycles. The fraction of sp³-hybridized carbons (Fsp3) is 0.200. The van der Waals surface area contributed by atoms with Gasteiger partial charge in [-0.2, -0.15) is 0 Å². The molecule has 0 fully saturated rings. The van der Waals surface area contributed by atoms with Crippen molar-refractivity contribution in [2.45, 2.75) is 18.2 Å². The second-order valence-electron chi connectivity index (χ2n) is 4.42. The number of benzene rings is 2. The summed E-state index contributed by atoms with van der Waals surface area (Å²) in [5, 5.41) is 0. The number of rotatable bonds is 3. The lowest BCUT2D eigenvalue weighted by molar-refractivity contribution is 0.507. The van der Waals surface area contributed by atoms with Crippen LogP contribution in [-0.4, -0.2) is 0 Å². The van der Waals surface area contributed by atoms with Crippen LogP contribution < -0.4 is 0 Å². The van der Waals surface area contributed by atoms with Crippen LogP contribution in [0.4, 0.5) is 8.78 Å². The van der Waals surface area contributed by atoms with Crippen molar-refractivity contribution in [1.29, 1.82) is 0 Å². The van der Waals surface area contributed by atoms with Crippen molar-refractivity contribution in [3.63, 3.8) is 0 Å². The minimum Gasteiger partial charge on any atom is -0.204 e. The molecule has 100 valence electrons. The van der Waals surface area contributed by atoms with Gasteiger partial charge in [0, 0.05) is 9.30 Å². The Morgan fingerprint density at radius 1 is 1.05 bits per heavy atom. The first kappa shape index (κ1) is 14.7. The predicted molar refractivity (Wildman–Crippen MR) is 80.6 cm³/mol. The number of aryl methyl sites for hydroxylation is 1. The zero-order valence-electron chi connectivity index (χ0n) is 10.3. The van der Waals surface area contributed by atoms with E-state index >= 15 is 0 Å². The highest BCUT2D eigenvalue weighted by Crippen LogP contribution is 2.31. The molecule has 0 aromatic heterocycles. The van der Waals surface area contributed by atoms with Gasteiger partial charge in [0.1, 0.15) is 0 Å². The van der Waals surface area contributed by atoms with E-state index in [2.05, 4.69) is 31.9 Å². The number of hydrogen-bond acceptors (Lipinski definition) is 0. The summed E-state index contributed by atoms with van der Waals surface area (Å²) < 4.78 is 27.1. The maximum absolute atomic E-state index is 13.2. The highest BCUT2D eigenvalue weighted by molar-refractivity contribution is 9.10. The normalized spacial score (nSPS) is 12.5. The van der Waals surface area contributed by atoms with Crippen LogP contribution >= 0.6 is 31.9 Å². The van der Waals surface area contributed by atoms with Crippen LogP contribution in [0.25, 0.3) is 0 Å². The number of alkyl halides is 1. The van der Waals surface area contributed by atoms with E-state index in [-0.39, 0.29) is 4.83 Å². The maximum Gasteiger partial charge on any atom is 0.159 e. The van der Waals surface area contributed by atoms with Gasteiger partial charge in [-0.05, 0) is 54.3 Å². The molecule has 0 aliphatic carbocycles. The van der Waals surface area contributed by atoms with Crippen LogP contribution in [-0.2, 0) is 6.42 Å². The van der Waals surface area contributed by atoms with Gasteiger partial charge < -0.3 is 0 Å². The molecule has 1 atom stereocenters. The monoisotopic (exact) mass is 388 g/mol. The smallest absolute Gasteiger partial charge is 0.159 e. The first-order valence-corrected chi connectivity index (χ1v) is 7.52. The molecular weight excluding hydrogens is 378 g/mol. The Bertz CT molecular complexity index is 597. The molecule has 0 spiro atoms. The third-order valence-electron chi connectivity index (χ3n) is 2.98. The van der Waals surface area contributed by atoms with Crippen molar-refractivity contribution in [1.82, 2.24) is 0 Å². The van der Waals surface area contributed by atoms with E-state index < -0.39 is 11.6 Å². The van der Waals surface area contributed by atoms with Crippen molar-refractivity contribution in [3.8, 4) is 0 Å². The van der Waals surface area contributed by atoms with Crippen LogP contribution in [0.1, 0.15) is 21.5 Å². The third-order valence-corrected chi connectivity index (χ3v) is 4.29. The largest absolute Gasteiger partial charge is 0.204 e. The van der Waals surface area contributed by atoms with Gasteiger partial charge in [0.25, 0.3) is 0 Å². The molecule has 0 aliphatic heterocycles. The quantitative estimate of drug-likeness (QED) is 0.589. The van der Waals surface area contributed by atoms with Gasteiger partial charge in [-0.3, -0.25) is 0 Å². The number of hydrogen-bond donors (Lipinski definition) is 0. The van der Waals surface area contributed by atoms with Gasteiger partial charge in [0.05, 0.1) is 0 Å². The van der Waals surface area contributed by atoms with Gasteiger partial charge in [0.2, 0.25) is 0 Å². The molecule has 2 aromatic rings. The van der Waals surface area contributed by atoms with Gasteiger partial charge in [-0.25, -0.2) is 8.78 Å². The van der Waals surface area contributed by atoms with Crippen LogP contribution in [0.2, 0.25) is 0 Å². The molecule has 0 radical (unpaired) electrons. The second-order valence-corrected chi connectivity index (χ2v) is 6.44. The Kier molecular flexibility index (Phi) is 4.74. The molecule has 4 heteroatoms. The summed E-state index contributed by atoms with van der Waals surface area (Å²) in [6.07, 6.45) is 0.606. The summed E-state index contributed by atoms with van der Waals surface area (Å²) in [4.78, 5) is 0.0647. The molecule has 0 nitrogen and oxygen atoms in total. The molecule has 1 unspecified atom stereocenters. The standard InChI is InChI=1S/C15H12Br2F2/c1-9-2-4-11(16)8-12(9)13(17)6-10-3-5-14(18)15(19)7-10/h2-5,7-8,13H,6H2,1H3. The second kappa shape index (κ2) is 6.14. The van der Waals surface area contributed by atoms with E-state index in [9.17, 15) is 8.78 Å². The summed E-state index contributed by atoms with van der Waals surface area (Å²) in [7, 11) is 0. The van der Waals surface area contributed by atoms with E-state index in [1.54, 1.807) is 6.07 Å². The van der Waals surface area contributed by atoms with Crippen molar-refractivity contribution in [2.24, 2.45) is 0 Å². The fourth-order valence-corrected chi connectivity index (χ4v) is 3.18. The maximum atomic E-state index is 13.2. The highest BCUT2D eigenvalue weighted by atomic mass is 79.9. The average molecular weight is 390 g/mol. The zero-order valence-corrected chi connectivity index (χ0v) is 13.4. The van der Waals surface area contributed by atoms with Crippen molar-refractivity contribution < 1.29 is 8.78 Å². The Hall–Kier alpha value is -0.740. The molecular formula is C15H12Br2F2. The SMILES string of the molecule is Cc1ccc(Br)cc1C(Br)Cc1ccc(F)c(F)c1. The molecule has 0 N–H and O–H groups in total. The Balaban J connectivity index is 2.22. The van der Waals surface area contributed by atoms with E-state index in [0.29, 0.717) is 6.42 Å². The molecule has 2 rings (SSSR count). The molecule has 0 amide bonds. The summed E-state index contributed by atoms with van der Waals surface area (Å²) in [5.41, 5.74) is 3.06. The van der Waals surface area contributed by atoms with Crippen molar-refractivity contribution >= 4 is 31.9 Å². The van der Waals surface area contributed by atoms with Gasteiger partial charge >= 0.3 is 0 Å². The summed E-state index contributed by atoms with van der Waals surface area (Å²) in [6.45, 7) is 2.03. The van der Waals surface area contributed by atoms with E-state index in [0.717, 1.165) is 27.2 Å². The van der Waals surface area contributed by atoms with Gasteiger partial charge in [-0.1, -0.05) is 44.0 Å². The minimum absolute atomic E-state index is 0.0647. The summed E-state index contributed by atoms with van der Waals surface area (Å²) >= 11 is 7.05. The Morgan fingerprint density at radius 3 is 2.47 bits per heavy atom. The topological polar surface area (TPSA) is 0 Å². The first-order valence-electron chi connectivity index (χ1n) is 5.81. The van der Waals surface area contributed by atoms with Crippen LogP contribution in [0.15, 0.2) is 40.9 Å². The average Bonchev–Trinajstić information content (AvgIpc) is 2.36. The number of halogens is 4. The van der Waals surface area contributed by atoms with Gasteiger partial charge in [0.15, 0.2) is 11.6 Å². The Labute approximate surface area is 128 Å². The van der Waals surface area contributed by atoms with Crippen LogP contribution in [0, 0.1) is 18.6 Å². The van der Waals surface area contributed by atoms with Crippen molar-refractivity contribution in [2.75, 3.05) is 0 Å². The summed E-state index contributed by atoms with van der Waals surface area (Å²) in [5.74, 6) is -1.61. The first-order chi connectivity index (χ1) is 8.97. The van der Waals surface area contributed by atoms with E-state index in [4.69, 9.17) is 0 Å². The lowest BCUT2D eigenvalue weighted by Gasteiger charge is -2.14. The Morgan fingerprint density at radius 2 is 1.79 bits per heavy atom. The molecule has 0 saturated heterocycles. The lowest BCUT2D eigenvalue weighted by Crippen LogP contribution is -1.99. The third kappa shape index (κ3) is 3.63. The highest BCUT2D eigenvalue weighted by Gasteiger charge is 2.13. The molecule has 19 heavy (non-hydrogen) atoms. The fourth-order valence-electron chi connectivity index (χ4n) is 1.93. The molecule has 0 bridgehead atoms.